The van der Waals surface area contributed by atoms with Crippen molar-refractivity contribution < 1.29 is 19.1 Å². The summed E-state index contributed by atoms with van der Waals surface area (Å²) in [6.07, 6.45) is 0. The summed E-state index contributed by atoms with van der Waals surface area (Å²) in [5.74, 6) is 1.86. The summed E-state index contributed by atoms with van der Waals surface area (Å²) in [4.78, 5) is 30.5. The van der Waals surface area contributed by atoms with Crippen molar-refractivity contribution in [3.05, 3.63) is 96.6 Å². The number of carbonyl (C=O) groups excluding carboxylic acids is 2. The van der Waals surface area contributed by atoms with Gasteiger partial charge in [-0.15, -0.1) is 0 Å². The van der Waals surface area contributed by atoms with Crippen LogP contribution in [0.25, 0.3) is 44.3 Å². The summed E-state index contributed by atoms with van der Waals surface area (Å²) >= 11 is 0. The highest BCUT2D eigenvalue weighted by Gasteiger charge is 2.13. The normalized spacial score (nSPS) is 10.9. The molecule has 0 aliphatic carbocycles. The van der Waals surface area contributed by atoms with Crippen molar-refractivity contribution in [2.75, 3.05) is 26.5 Å². The third-order valence-electron chi connectivity index (χ3n) is 7.08. The maximum atomic E-state index is 12.0. The van der Waals surface area contributed by atoms with Gasteiger partial charge in [-0.3, -0.25) is 4.79 Å². The third kappa shape index (κ3) is 5.23. The zero-order valence-electron chi connectivity index (χ0n) is 23.3. The molecule has 5 N–H and O–H groups in total. The van der Waals surface area contributed by atoms with E-state index in [0.29, 0.717) is 28.5 Å². The van der Waals surface area contributed by atoms with E-state index < -0.39 is 0 Å². The molecule has 0 saturated carbocycles. The predicted molar refractivity (Wildman–Crippen MR) is 166 cm³/mol. The number of urea groups is 1. The van der Waals surface area contributed by atoms with E-state index in [1.165, 1.54) is 0 Å². The van der Waals surface area contributed by atoms with E-state index in [4.69, 9.17) is 9.47 Å². The molecule has 0 fully saturated rings. The first-order chi connectivity index (χ1) is 20.4. The molecule has 0 atom stereocenters. The summed E-state index contributed by atoms with van der Waals surface area (Å²) in [5.41, 5.74) is 6.81. The molecule has 3 amide bonds. The van der Waals surface area contributed by atoms with Gasteiger partial charge in [0.15, 0.2) is 0 Å². The summed E-state index contributed by atoms with van der Waals surface area (Å²) in [6, 6.07) is 28.7. The summed E-state index contributed by atoms with van der Waals surface area (Å²) in [7, 11) is 4.82. The zero-order valence-corrected chi connectivity index (χ0v) is 23.3. The molecule has 9 heteroatoms. The topological polar surface area (TPSA) is 120 Å². The van der Waals surface area contributed by atoms with Gasteiger partial charge in [0, 0.05) is 64.5 Å². The molecule has 4 aromatic carbocycles. The number of fused-ring (bicyclic) bond motifs is 2. The van der Waals surface area contributed by atoms with Crippen molar-refractivity contribution in [1.29, 1.82) is 0 Å². The number of nitrogens with one attached hydrogen (secondary N) is 5. The van der Waals surface area contributed by atoms with Crippen molar-refractivity contribution in [3.8, 4) is 39.8 Å². The SMILES string of the molecule is CNC(=O)Nc1ccc2cc(-c3ccc(Oc4ccc(-c5cc6ccc(C(=O)NC)cc6[nH]5)c(OC)c4)cc3)[nH]c2c1. The maximum absolute atomic E-state index is 12.0. The minimum absolute atomic E-state index is 0.132. The van der Waals surface area contributed by atoms with Gasteiger partial charge in [-0.05, 0) is 78.4 Å². The fourth-order valence-electron chi connectivity index (χ4n) is 4.91. The van der Waals surface area contributed by atoms with Crippen LogP contribution in [-0.2, 0) is 0 Å². The highest BCUT2D eigenvalue weighted by Crippen LogP contribution is 2.36. The van der Waals surface area contributed by atoms with Crippen molar-refractivity contribution in [2.45, 2.75) is 0 Å². The standard InChI is InChI=1S/C33H29N5O4/c1-34-32(39)22-5-4-20-15-30(38-28(20)16-22)26-13-12-25(18-31(26)41-3)42-24-10-7-19(8-11-24)27-14-21-6-9-23(17-29(21)37-27)36-33(40)35-2/h4-18,37-38H,1-3H3,(H,34,39)(H2,35,36,40). The largest absolute Gasteiger partial charge is 0.496 e. The molecule has 0 aliphatic heterocycles. The number of carbonyl (C=O) groups is 2. The molecular weight excluding hydrogens is 530 g/mol. The van der Waals surface area contributed by atoms with Crippen LogP contribution in [0, 0.1) is 0 Å². The molecule has 0 spiro atoms. The second kappa shape index (κ2) is 11.1. The Kier molecular flexibility index (Phi) is 6.98. The smallest absolute Gasteiger partial charge is 0.318 e. The number of benzene rings is 4. The van der Waals surface area contributed by atoms with Gasteiger partial charge in [0.1, 0.15) is 17.2 Å². The fourth-order valence-corrected chi connectivity index (χ4v) is 4.91. The number of aromatic nitrogens is 2. The second-order valence-corrected chi connectivity index (χ2v) is 9.74. The van der Waals surface area contributed by atoms with Crippen LogP contribution >= 0.6 is 0 Å². The highest BCUT2D eigenvalue weighted by atomic mass is 16.5. The van der Waals surface area contributed by atoms with E-state index >= 15 is 0 Å². The quantitative estimate of drug-likeness (QED) is 0.146. The van der Waals surface area contributed by atoms with E-state index in [-0.39, 0.29) is 11.9 Å². The predicted octanol–water partition coefficient (Wildman–Crippen LogP) is 6.90. The number of anilines is 1. The van der Waals surface area contributed by atoms with Crippen LogP contribution in [0.3, 0.4) is 0 Å². The van der Waals surface area contributed by atoms with Gasteiger partial charge < -0.3 is 35.4 Å². The summed E-state index contributed by atoms with van der Waals surface area (Å²) in [5, 5.41) is 10.0. The van der Waals surface area contributed by atoms with E-state index in [1.807, 2.05) is 78.9 Å². The molecule has 0 aliphatic rings. The van der Waals surface area contributed by atoms with Crippen molar-refractivity contribution in [2.24, 2.45) is 0 Å². The lowest BCUT2D eigenvalue weighted by Gasteiger charge is -2.11. The van der Waals surface area contributed by atoms with Crippen LogP contribution in [-0.4, -0.2) is 43.1 Å². The van der Waals surface area contributed by atoms with Crippen molar-refractivity contribution in [1.82, 2.24) is 20.6 Å². The molecule has 0 bridgehead atoms. The molecular formula is C33H29N5O4. The number of ether oxygens (including phenoxy) is 2. The zero-order chi connectivity index (χ0) is 29.2. The monoisotopic (exact) mass is 559 g/mol. The molecule has 0 saturated heterocycles. The molecule has 0 unspecified atom stereocenters. The van der Waals surface area contributed by atoms with E-state index in [0.717, 1.165) is 44.3 Å². The number of methoxy groups -OCH3 is 1. The number of hydrogen-bond donors (Lipinski definition) is 5. The van der Waals surface area contributed by atoms with E-state index in [2.05, 4.69) is 32.0 Å². The van der Waals surface area contributed by atoms with E-state index in [1.54, 1.807) is 27.3 Å². The molecule has 0 radical (unpaired) electrons. The van der Waals surface area contributed by atoms with Gasteiger partial charge in [-0.1, -0.05) is 12.1 Å². The molecule has 9 nitrogen and oxygen atoms in total. The third-order valence-corrected chi connectivity index (χ3v) is 7.08. The minimum atomic E-state index is -0.264. The Hall–Kier alpha value is -5.70. The lowest BCUT2D eigenvalue weighted by atomic mass is 10.1. The lowest BCUT2D eigenvalue weighted by molar-refractivity contribution is 0.0963. The van der Waals surface area contributed by atoms with Gasteiger partial charge in [0.05, 0.1) is 12.8 Å². The molecule has 42 heavy (non-hydrogen) atoms. The summed E-state index contributed by atoms with van der Waals surface area (Å²) in [6.45, 7) is 0. The van der Waals surface area contributed by atoms with Crippen LogP contribution < -0.4 is 25.4 Å². The Balaban J connectivity index is 1.20. The number of rotatable bonds is 7. The van der Waals surface area contributed by atoms with Crippen LogP contribution in [0.2, 0.25) is 0 Å². The maximum Gasteiger partial charge on any atom is 0.318 e. The van der Waals surface area contributed by atoms with Gasteiger partial charge in [0.25, 0.3) is 5.91 Å². The van der Waals surface area contributed by atoms with E-state index in [9.17, 15) is 9.59 Å². The molecule has 2 heterocycles. The number of amides is 3. The average molecular weight is 560 g/mol. The Morgan fingerprint density at radius 3 is 2.12 bits per heavy atom. The first-order valence-corrected chi connectivity index (χ1v) is 13.4. The summed E-state index contributed by atoms with van der Waals surface area (Å²) < 4.78 is 11.8. The Labute approximate surface area is 241 Å². The highest BCUT2D eigenvalue weighted by molar-refractivity contribution is 5.99. The molecule has 210 valence electrons. The number of hydrogen-bond acceptors (Lipinski definition) is 4. The lowest BCUT2D eigenvalue weighted by Crippen LogP contribution is -2.24. The van der Waals surface area contributed by atoms with Crippen LogP contribution in [0.5, 0.6) is 17.2 Å². The molecule has 6 rings (SSSR count). The van der Waals surface area contributed by atoms with Gasteiger partial charge >= 0.3 is 6.03 Å². The Morgan fingerprint density at radius 1 is 0.690 bits per heavy atom. The van der Waals surface area contributed by atoms with Crippen LogP contribution in [0.15, 0.2) is 91.0 Å². The number of aromatic amines is 2. The molecule has 6 aromatic rings. The number of H-pyrrole nitrogens is 2. The first-order valence-electron chi connectivity index (χ1n) is 13.4. The Bertz CT molecular complexity index is 1940. The van der Waals surface area contributed by atoms with Crippen molar-refractivity contribution >= 4 is 39.4 Å². The average Bonchev–Trinajstić information content (AvgIpc) is 3.64. The fraction of sp³-hybridized carbons (Fsp3) is 0.0909. The van der Waals surface area contributed by atoms with Gasteiger partial charge in [-0.25, -0.2) is 4.79 Å². The van der Waals surface area contributed by atoms with Crippen LogP contribution in [0.1, 0.15) is 10.4 Å². The Morgan fingerprint density at radius 2 is 1.38 bits per heavy atom. The van der Waals surface area contributed by atoms with Crippen LogP contribution in [0.4, 0.5) is 10.5 Å². The molecule has 2 aromatic heterocycles. The van der Waals surface area contributed by atoms with Gasteiger partial charge in [-0.2, -0.15) is 0 Å². The minimum Gasteiger partial charge on any atom is -0.496 e. The first kappa shape index (κ1) is 26.5. The van der Waals surface area contributed by atoms with Crippen molar-refractivity contribution in [3.63, 3.8) is 0 Å². The van der Waals surface area contributed by atoms with Gasteiger partial charge in [0.2, 0.25) is 0 Å². The second-order valence-electron chi connectivity index (χ2n) is 9.74.